The molecule has 1 nitrogen and oxygen atoms in total. The Morgan fingerprint density at radius 1 is 1.00 bits per heavy atom. The average Bonchev–Trinajstić information content (AvgIpc) is 2.58. The fourth-order valence-electron chi connectivity index (χ4n) is 3.29. The molecule has 22 heavy (non-hydrogen) atoms. The van der Waals surface area contributed by atoms with Crippen molar-refractivity contribution in [3.63, 3.8) is 0 Å². The van der Waals surface area contributed by atoms with E-state index in [0.717, 1.165) is 0 Å². The second-order valence-electron chi connectivity index (χ2n) is 6.33. The molecule has 0 radical (unpaired) electrons. The second kappa shape index (κ2) is 5.58. The third-order valence-electron chi connectivity index (χ3n) is 4.73. The van der Waals surface area contributed by atoms with Crippen LogP contribution in [0.1, 0.15) is 26.3 Å². The third kappa shape index (κ3) is 3.12. The molecule has 3 rings (SSSR count). The molecule has 0 spiro atoms. The second-order valence-corrected chi connectivity index (χ2v) is 6.33. The molecular weight excluding hydrogens is 293 g/mol. The fourth-order valence-corrected chi connectivity index (χ4v) is 3.29. The SMILES string of the molecule is CC1[NH+](C)c2ccc3ccccc3c2C1(C)C.F[B-](F)(F)F. The molecule has 1 N–H and O–H groups in total. The summed E-state index contributed by atoms with van der Waals surface area (Å²) in [7, 11) is -3.72. The molecular formula is C16H20BF4N. The molecule has 2 aromatic carbocycles. The van der Waals surface area contributed by atoms with Gasteiger partial charge in [0.2, 0.25) is 0 Å². The van der Waals surface area contributed by atoms with Gasteiger partial charge >= 0.3 is 7.25 Å². The topological polar surface area (TPSA) is 4.44 Å². The standard InChI is InChI=1S/C16H19N.BF4/c1-11-16(2,3)15-13-8-6-5-7-12(13)9-10-14(15)17(11)4;2-1(3,4)5/h5-11H,1-4H3;/q;-1/p+1. The molecule has 1 aliphatic heterocycles. The quantitative estimate of drug-likeness (QED) is 0.554. The largest absolute Gasteiger partial charge is 0.673 e. The van der Waals surface area contributed by atoms with Gasteiger partial charge in [0, 0.05) is 11.0 Å². The molecule has 0 saturated carbocycles. The van der Waals surface area contributed by atoms with Crippen LogP contribution in [0.15, 0.2) is 36.4 Å². The first-order valence-corrected chi connectivity index (χ1v) is 7.27. The third-order valence-corrected chi connectivity index (χ3v) is 4.73. The predicted molar refractivity (Wildman–Crippen MR) is 83.2 cm³/mol. The van der Waals surface area contributed by atoms with Crippen molar-refractivity contribution in [3.05, 3.63) is 42.0 Å². The van der Waals surface area contributed by atoms with Crippen molar-refractivity contribution in [1.82, 2.24) is 0 Å². The molecule has 6 heteroatoms. The first-order valence-electron chi connectivity index (χ1n) is 7.27. The van der Waals surface area contributed by atoms with E-state index >= 15 is 0 Å². The summed E-state index contributed by atoms with van der Waals surface area (Å²) in [4.78, 5) is 1.54. The molecule has 2 aromatic rings. The van der Waals surface area contributed by atoms with Crippen LogP contribution in [0.4, 0.5) is 23.0 Å². The summed E-state index contributed by atoms with van der Waals surface area (Å²) in [5.74, 6) is 0. The van der Waals surface area contributed by atoms with Crippen molar-refractivity contribution < 1.29 is 22.2 Å². The van der Waals surface area contributed by atoms with Crippen LogP contribution in [0.25, 0.3) is 10.8 Å². The van der Waals surface area contributed by atoms with Crippen LogP contribution in [0.3, 0.4) is 0 Å². The summed E-state index contributed by atoms with van der Waals surface area (Å²) in [6.45, 7) is 7.10. The summed E-state index contributed by atoms with van der Waals surface area (Å²) in [5.41, 5.74) is 3.27. The van der Waals surface area contributed by atoms with Gasteiger partial charge in [0.15, 0.2) is 0 Å². The highest BCUT2D eigenvalue weighted by Gasteiger charge is 2.45. The Labute approximate surface area is 128 Å². The molecule has 2 atom stereocenters. The van der Waals surface area contributed by atoms with Gasteiger partial charge in [-0.3, -0.25) is 0 Å². The maximum atomic E-state index is 9.75. The zero-order valence-corrected chi connectivity index (χ0v) is 13.1. The highest BCUT2D eigenvalue weighted by Crippen LogP contribution is 2.40. The number of likely N-dealkylation sites (N-methyl/N-ethyl adjacent to an activating group) is 1. The van der Waals surface area contributed by atoms with Gasteiger partial charge in [0.25, 0.3) is 0 Å². The van der Waals surface area contributed by atoms with Crippen LogP contribution in [-0.2, 0) is 5.41 Å². The Morgan fingerprint density at radius 2 is 1.55 bits per heavy atom. The molecule has 0 aliphatic carbocycles. The van der Waals surface area contributed by atoms with Crippen LogP contribution in [0, 0.1) is 0 Å². The maximum absolute atomic E-state index is 9.75. The lowest BCUT2D eigenvalue weighted by atomic mass is 9.79. The van der Waals surface area contributed by atoms with Gasteiger partial charge in [0.1, 0.15) is 5.69 Å². The molecule has 1 aliphatic rings. The predicted octanol–water partition coefficient (Wildman–Crippen LogP) is 3.97. The molecule has 0 bridgehead atoms. The van der Waals surface area contributed by atoms with Gasteiger partial charge in [0.05, 0.1) is 13.1 Å². The van der Waals surface area contributed by atoms with Crippen molar-refractivity contribution >= 4 is 23.7 Å². The smallest absolute Gasteiger partial charge is 0.418 e. The Bertz CT molecular complexity index is 675. The lowest BCUT2D eigenvalue weighted by Crippen LogP contribution is -3.07. The first-order chi connectivity index (χ1) is 10.0. The van der Waals surface area contributed by atoms with E-state index in [0.29, 0.717) is 6.04 Å². The van der Waals surface area contributed by atoms with E-state index in [4.69, 9.17) is 0 Å². The first kappa shape index (κ1) is 16.8. The summed E-state index contributed by atoms with van der Waals surface area (Å²) in [6, 6.07) is 13.9. The number of hydrogen-bond donors (Lipinski definition) is 1. The van der Waals surface area contributed by atoms with Gasteiger partial charge in [-0.25, -0.2) is 0 Å². The summed E-state index contributed by atoms with van der Waals surface area (Å²) < 4.78 is 39.0. The normalized spacial score (nSPS) is 22.9. The lowest BCUT2D eigenvalue weighted by molar-refractivity contribution is -0.834. The number of fused-ring (bicyclic) bond motifs is 3. The number of quaternary nitrogens is 1. The van der Waals surface area contributed by atoms with Gasteiger partial charge in [-0.1, -0.05) is 24.3 Å². The van der Waals surface area contributed by atoms with E-state index < -0.39 is 7.25 Å². The summed E-state index contributed by atoms with van der Waals surface area (Å²) in [6.07, 6.45) is 0. The Kier molecular flexibility index (Phi) is 4.26. The Balaban J connectivity index is 0.000000309. The van der Waals surface area contributed by atoms with Gasteiger partial charge in [-0.05, 0) is 43.7 Å². The average molecular weight is 313 g/mol. The van der Waals surface area contributed by atoms with Gasteiger partial charge < -0.3 is 22.2 Å². The highest BCUT2D eigenvalue weighted by molar-refractivity contribution is 6.50. The minimum atomic E-state index is -6.00. The van der Waals surface area contributed by atoms with Crippen LogP contribution < -0.4 is 4.90 Å². The van der Waals surface area contributed by atoms with Gasteiger partial charge in [-0.15, -0.1) is 0 Å². The van der Waals surface area contributed by atoms with Crippen molar-refractivity contribution in [2.45, 2.75) is 32.2 Å². The number of benzene rings is 2. The van der Waals surface area contributed by atoms with E-state index in [-0.39, 0.29) is 5.41 Å². The molecule has 0 fully saturated rings. The number of rotatable bonds is 0. The van der Waals surface area contributed by atoms with Crippen LogP contribution >= 0.6 is 0 Å². The molecule has 1 heterocycles. The number of hydrogen-bond acceptors (Lipinski definition) is 0. The molecule has 0 saturated heterocycles. The van der Waals surface area contributed by atoms with E-state index in [2.05, 4.69) is 64.2 Å². The van der Waals surface area contributed by atoms with Crippen molar-refractivity contribution in [3.8, 4) is 0 Å². The number of halogens is 4. The Hall–Kier alpha value is -1.56. The minimum Gasteiger partial charge on any atom is -0.418 e. The maximum Gasteiger partial charge on any atom is 0.673 e. The summed E-state index contributed by atoms with van der Waals surface area (Å²) in [5, 5.41) is 2.79. The van der Waals surface area contributed by atoms with Crippen molar-refractivity contribution in [2.24, 2.45) is 0 Å². The van der Waals surface area contributed by atoms with E-state index in [1.165, 1.54) is 21.4 Å². The van der Waals surface area contributed by atoms with Crippen LogP contribution in [0.2, 0.25) is 0 Å². The van der Waals surface area contributed by atoms with Crippen LogP contribution in [0.5, 0.6) is 0 Å². The zero-order valence-electron chi connectivity index (χ0n) is 13.1. The minimum absolute atomic E-state index is 0.250. The molecule has 2 unspecified atom stereocenters. The zero-order chi connectivity index (χ0) is 16.7. The van der Waals surface area contributed by atoms with Crippen molar-refractivity contribution in [2.75, 3.05) is 7.05 Å². The Morgan fingerprint density at radius 3 is 2.14 bits per heavy atom. The van der Waals surface area contributed by atoms with Crippen molar-refractivity contribution in [1.29, 1.82) is 0 Å². The van der Waals surface area contributed by atoms with Crippen LogP contribution in [-0.4, -0.2) is 20.3 Å². The number of nitrogens with one attached hydrogen (secondary N) is 1. The molecule has 0 aromatic heterocycles. The monoisotopic (exact) mass is 313 g/mol. The summed E-state index contributed by atoms with van der Waals surface area (Å²) >= 11 is 0. The molecule has 120 valence electrons. The van der Waals surface area contributed by atoms with E-state index in [1.807, 2.05) is 0 Å². The lowest BCUT2D eigenvalue weighted by Gasteiger charge is -2.24. The fraction of sp³-hybridized carbons (Fsp3) is 0.375. The van der Waals surface area contributed by atoms with Gasteiger partial charge in [-0.2, -0.15) is 0 Å². The van der Waals surface area contributed by atoms with E-state index in [9.17, 15) is 17.3 Å². The highest BCUT2D eigenvalue weighted by atomic mass is 19.5. The van der Waals surface area contributed by atoms with E-state index in [1.54, 1.807) is 5.56 Å². The molecule has 0 amide bonds.